The first-order chi connectivity index (χ1) is 11.0. The molecule has 24 heavy (non-hydrogen) atoms. The molecular formula is C16H20ClN3O4. The summed E-state index contributed by atoms with van der Waals surface area (Å²) in [6.07, 6.45) is 3.77. The Morgan fingerprint density at radius 3 is 2.46 bits per heavy atom. The van der Waals surface area contributed by atoms with Crippen molar-refractivity contribution in [1.29, 1.82) is 0 Å². The van der Waals surface area contributed by atoms with Crippen LogP contribution in [0.5, 0.6) is 0 Å². The standard InChI is InChI=1S/C16H19N3O4.ClH/c20-14-4-2-12(15(21)18-14)11-1-3-13(17-9-11)19-7-5-10(6-8-19)16(22)23;/h1,3,9-10,12H,2,4-8H2,(H,22,23)(H,18,20,21);1H/t12-;/m0./s1. The number of piperidine rings is 2. The maximum absolute atomic E-state index is 11.9. The average molecular weight is 354 g/mol. The van der Waals surface area contributed by atoms with Gasteiger partial charge in [0.1, 0.15) is 5.82 Å². The van der Waals surface area contributed by atoms with Crippen molar-refractivity contribution in [1.82, 2.24) is 10.3 Å². The van der Waals surface area contributed by atoms with Crippen LogP contribution in [0.3, 0.4) is 0 Å². The van der Waals surface area contributed by atoms with Gasteiger partial charge in [-0.05, 0) is 30.9 Å². The predicted molar refractivity (Wildman–Crippen MR) is 89.2 cm³/mol. The SMILES string of the molecule is Cl.O=C1CC[C@@H](c2ccc(N3CCC(C(=O)O)CC3)nc2)C(=O)N1. The number of imide groups is 1. The number of hydrogen-bond acceptors (Lipinski definition) is 5. The molecule has 0 aliphatic carbocycles. The molecule has 0 radical (unpaired) electrons. The molecule has 1 aromatic rings. The van der Waals surface area contributed by atoms with Gasteiger partial charge in [-0.1, -0.05) is 6.07 Å². The topological polar surface area (TPSA) is 99.6 Å². The molecule has 8 heteroatoms. The van der Waals surface area contributed by atoms with Crippen LogP contribution in [0.2, 0.25) is 0 Å². The Hall–Kier alpha value is -2.15. The third kappa shape index (κ3) is 3.84. The van der Waals surface area contributed by atoms with Gasteiger partial charge in [0.15, 0.2) is 0 Å². The van der Waals surface area contributed by atoms with Crippen LogP contribution in [0, 0.1) is 5.92 Å². The Kier molecular flexibility index (Phi) is 5.77. The number of amides is 2. The van der Waals surface area contributed by atoms with E-state index in [0.717, 1.165) is 11.4 Å². The number of anilines is 1. The van der Waals surface area contributed by atoms with Crippen molar-refractivity contribution in [2.75, 3.05) is 18.0 Å². The van der Waals surface area contributed by atoms with E-state index in [1.165, 1.54) is 0 Å². The van der Waals surface area contributed by atoms with Crippen LogP contribution >= 0.6 is 12.4 Å². The lowest BCUT2D eigenvalue weighted by atomic mass is 9.91. The summed E-state index contributed by atoms with van der Waals surface area (Å²) in [6, 6.07) is 3.73. The molecule has 0 spiro atoms. The molecule has 1 aromatic heterocycles. The Bertz CT molecular complexity index is 627. The summed E-state index contributed by atoms with van der Waals surface area (Å²) < 4.78 is 0. The predicted octanol–water partition coefficient (Wildman–Crippen LogP) is 1.32. The highest BCUT2D eigenvalue weighted by molar-refractivity contribution is 6.00. The molecule has 0 unspecified atom stereocenters. The van der Waals surface area contributed by atoms with Crippen LogP contribution in [-0.4, -0.2) is 41.0 Å². The first-order valence-corrected chi connectivity index (χ1v) is 7.82. The van der Waals surface area contributed by atoms with E-state index in [9.17, 15) is 14.4 Å². The van der Waals surface area contributed by atoms with Crippen LogP contribution in [0.4, 0.5) is 5.82 Å². The lowest BCUT2D eigenvalue weighted by Gasteiger charge is -2.31. The fraction of sp³-hybridized carbons (Fsp3) is 0.500. The molecule has 2 fully saturated rings. The molecule has 3 rings (SSSR count). The Labute approximate surface area is 145 Å². The summed E-state index contributed by atoms with van der Waals surface area (Å²) in [5, 5.41) is 11.4. The number of halogens is 1. The molecular weight excluding hydrogens is 334 g/mol. The van der Waals surface area contributed by atoms with Gasteiger partial charge in [0.2, 0.25) is 11.8 Å². The molecule has 2 amide bonds. The molecule has 2 aliphatic heterocycles. The highest BCUT2D eigenvalue weighted by Gasteiger charge is 2.29. The van der Waals surface area contributed by atoms with Gasteiger partial charge in [0.05, 0.1) is 11.8 Å². The molecule has 1 atom stereocenters. The minimum atomic E-state index is -0.731. The molecule has 2 saturated heterocycles. The zero-order chi connectivity index (χ0) is 16.4. The van der Waals surface area contributed by atoms with Gasteiger partial charge in [-0.2, -0.15) is 0 Å². The van der Waals surface area contributed by atoms with E-state index >= 15 is 0 Å². The van der Waals surface area contributed by atoms with E-state index in [0.29, 0.717) is 38.8 Å². The average Bonchev–Trinajstić information content (AvgIpc) is 2.55. The number of hydrogen-bond donors (Lipinski definition) is 2. The number of nitrogens with one attached hydrogen (secondary N) is 1. The van der Waals surface area contributed by atoms with Crippen LogP contribution in [0.25, 0.3) is 0 Å². The summed E-state index contributed by atoms with van der Waals surface area (Å²) in [5.41, 5.74) is 0.805. The van der Waals surface area contributed by atoms with E-state index in [2.05, 4.69) is 15.2 Å². The first kappa shape index (κ1) is 18.2. The molecule has 2 N–H and O–H groups in total. The van der Waals surface area contributed by atoms with Crippen LogP contribution in [-0.2, 0) is 14.4 Å². The number of nitrogens with zero attached hydrogens (tertiary/aromatic N) is 2. The minimum Gasteiger partial charge on any atom is -0.481 e. The summed E-state index contributed by atoms with van der Waals surface area (Å²) in [4.78, 5) is 40.5. The quantitative estimate of drug-likeness (QED) is 0.795. The monoisotopic (exact) mass is 353 g/mol. The van der Waals surface area contributed by atoms with E-state index in [1.54, 1.807) is 6.20 Å². The van der Waals surface area contributed by atoms with E-state index in [-0.39, 0.29) is 36.1 Å². The van der Waals surface area contributed by atoms with E-state index in [4.69, 9.17) is 5.11 Å². The maximum atomic E-state index is 11.9. The zero-order valence-electron chi connectivity index (χ0n) is 13.1. The number of carboxylic acids is 1. The first-order valence-electron chi connectivity index (χ1n) is 7.82. The second-order valence-electron chi connectivity index (χ2n) is 6.05. The van der Waals surface area contributed by atoms with E-state index in [1.807, 2.05) is 12.1 Å². The van der Waals surface area contributed by atoms with Gasteiger partial charge < -0.3 is 10.0 Å². The van der Waals surface area contributed by atoms with Gasteiger partial charge >= 0.3 is 5.97 Å². The van der Waals surface area contributed by atoms with Crippen molar-refractivity contribution in [2.45, 2.75) is 31.6 Å². The van der Waals surface area contributed by atoms with Crippen molar-refractivity contribution in [3.05, 3.63) is 23.9 Å². The molecule has 130 valence electrons. The number of carbonyl (C=O) groups is 3. The van der Waals surface area contributed by atoms with E-state index < -0.39 is 5.97 Å². The number of rotatable bonds is 3. The van der Waals surface area contributed by atoms with Crippen molar-refractivity contribution in [3.8, 4) is 0 Å². The highest BCUT2D eigenvalue weighted by atomic mass is 35.5. The summed E-state index contributed by atoms with van der Waals surface area (Å²) >= 11 is 0. The number of carboxylic acid groups (broad SMARTS) is 1. The summed E-state index contributed by atoms with van der Waals surface area (Å²) in [7, 11) is 0. The summed E-state index contributed by atoms with van der Waals surface area (Å²) in [5.74, 6) is -1.02. The van der Waals surface area contributed by atoms with Gasteiger partial charge in [-0.3, -0.25) is 19.7 Å². The largest absolute Gasteiger partial charge is 0.481 e. The third-order valence-electron chi connectivity index (χ3n) is 4.58. The number of pyridine rings is 1. The number of carbonyl (C=O) groups excluding carboxylic acids is 2. The second-order valence-corrected chi connectivity index (χ2v) is 6.05. The third-order valence-corrected chi connectivity index (χ3v) is 4.58. The smallest absolute Gasteiger partial charge is 0.306 e. The molecule has 7 nitrogen and oxygen atoms in total. The van der Waals surface area contributed by atoms with Crippen molar-refractivity contribution >= 4 is 36.0 Å². The van der Waals surface area contributed by atoms with Gasteiger partial charge in [0, 0.05) is 25.7 Å². The fourth-order valence-electron chi connectivity index (χ4n) is 3.16. The second kappa shape index (κ2) is 7.61. The van der Waals surface area contributed by atoms with Gasteiger partial charge in [-0.15, -0.1) is 12.4 Å². The minimum absolute atomic E-state index is 0. The normalized spacial score (nSPS) is 21.8. The lowest BCUT2D eigenvalue weighted by molar-refractivity contribution is -0.142. The van der Waals surface area contributed by atoms with Gasteiger partial charge in [-0.25, -0.2) is 4.98 Å². The lowest BCUT2D eigenvalue weighted by Crippen LogP contribution is -2.39. The van der Waals surface area contributed by atoms with Crippen molar-refractivity contribution < 1.29 is 19.5 Å². The zero-order valence-corrected chi connectivity index (χ0v) is 13.9. The summed E-state index contributed by atoms with van der Waals surface area (Å²) in [6.45, 7) is 1.34. The maximum Gasteiger partial charge on any atom is 0.306 e. The number of aromatic nitrogens is 1. The van der Waals surface area contributed by atoms with Crippen molar-refractivity contribution in [3.63, 3.8) is 0 Å². The van der Waals surface area contributed by atoms with Crippen LogP contribution in [0.1, 0.15) is 37.2 Å². The molecule has 0 saturated carbocycles. The van der Waals surface area contributed by atoms with Gasteiger partial charge in [0.25, 0.3) is 0 Å². The number of aliphatic carboxylic acids is 1. The molecule has 3 heterocycles. The van der Waals surface area contributed by atoms with Crippen LogP contribution < -0.4 is 10.2 Å². The molecule has 0 bridgehead atoms. The Balaban J connectivity index is 0.00000208. The Morgan fingerprint density at radius 2 is 1.92 bits per heavy atom. The Morgan fingerprint density at radius 1 is 1.21 bits per heavy atom. The van der Waals surface area contributed by atoms with Crippen LogP contribution in [0.15, 0.2) is 18.3 Å². The molecule has 0 aromatic carbocycles. The molecule has 2 aliphatic rings. The van der Waals surface area contributed by atoms with Crippen molar-refractivity contribution in [2.24, 2.45) is 5.92 Å². The highest BCUT2D eigenvalue weighted by Crippen LogP contribution is 2.27. The fourth-order valence-corrected chi connectivity index (χ4v) is 3.16.